The Morgan fingerprint density at radius 3 is 0.906 bits per heavy atom. The van der Waals surface area contributed by atoms with E-state index in [9.17, 15) is 19.8 Å². The zero-order valence-corrected chi connectivity index (χ0v) is 57.6. The van der Waals surface area contributed by atoms with Crippen molar-refractivity contribution in [2.75, 3.05) is 13.2 Å². The first-order valence-electron chi connectivity index (χ1n) is 38.7. The van der Waals surface area contributed by atoms with Gasteiger partial charge in [-0.1, -0.05) is 371 Å². The summed E-state index contributed by atoms with van der Waals surface area (Å²) in [5.74, 6) is -0.0251. The Hall–Kier alpha value is -1.92. The van der Waals surface area contributed by atoms with Crippen molar-refractivity contribution in [1.29, 1.82) is 0 Å². The quantitative estimate of drug-likeness (QED) is 0.0320. The first kappa shape index (κ1) is 83.1. The van der Waals surface area contributed by atoms with Crippen molar-refractivity contribution >= 4 is 11.9 Å². The van der Waals surface area contributed by atoms with E-state index in [2.05, 4.69) is 55.6 Å². The van der Waals surface area contributed by atoms with Crippen molar-refractivity contribution in [2.45, 2.75) is 443 Å². The smallest absolute Gasteiger partial charge is 0.305 e. The van der Waals surface area contributed by atoms with Crippen LogP contribution in [0.5, 0.6) is 0 Å². The number of hydrogen-bond donors (Lipinski definition) is 3. The number of esters is 1. The average molecular weight is 1200 g/mol. The molecule has 0 fully saturated rings. The lowest BCUT2D eigenvalue weighted by Crippen LogP contribution is -2.45. The minimum absolute atomic E-state index is 0.00819. The molecular formula is C79H151NO5. The lowest BCUT2D eigenvalue weighted by Gasteiger charge is -2.22. The van der Waals surface area contributed by atoms with E-state index in [0.717, 1.165) is 51.4 Å². The van der Waals surface area contributed by atoms with Gasteiger partial charge >= 0.3 is 5.97 Å². The third kappa shape index (κ3) is 71.0. The van der Waals surface area contributed by atoms with E-state index in [0.29, 0.717) is 25.9 Å². The highest BCUT2D eigenvalue weighted by atomic mass is 16.5. The van der Waals surface area contributed by atoms with E-state index in [1.165, 1.54) is 347 Å². The second-order valence-electron chi connectivity index (χ2n) is 26.7. The summed E-state index contributed by atoms with van der Waals surface area (Å²) in [7, 11) is 0. The zero-order chi connectivity index (χ0) is 61.3. The molecule has 0 aromatic heterocycles. The molecule has 1 amide bonds. The maximum atomic E-state index is 12.6. The third-order valence-electron chi connectivity index (χ3n) is 18.2. The van der Waals surface area contributed by atoms with Crippen molar-refractivity contribution in [3.05, 3.63) is 36.5 Å². The number of carbonyl (C=O) groups excluding carboxylic acids is 2. The number of unbranched alkanes of at least 4 members (excludes halogenated alkanes) is 56. The first-order chi connectivity index (χ1) is 42.0. The van der Waals surface area contributed by atoms with Crippen LogP contribution in [0.3, 0.4) is 0 Å². The zero-order valence-electron chi connectivity index (χ0n) is 57.6. The molecule has 0 saturated carbocycles. The molecule has 0 radical (unpaired) electrons. The van der Waals surface area contributed by atoms with Crippen LogP contribution in [0.25, 0.3) is 0 Å². The molecule has 0 aromatic carbocycles. The summed E-state index contributed by atoms with van der Waals surface area (Å²) >= 11 is 0. The number of nitrogens with one attached hydrogen (secondary N) is 1. The van der Waals surface area contributed by atoms with Crippen LogP contribution in [-0.4, -0.2) is 47.4 Å². The molecule has 0 rings (SSSR count). The molecule has 0 heterocycles. The van der Waals surface area contributed by atoms with E-state index in [-0.39, 0.29) is 18.5 Å². The Morgan fingerprint density at radius 1 is 0.329 bits per heavy atom. The fraction of sp³-hybridized carbons (Fsp3) is 0.899. The van der Waals surface area contributed by atoms with Crippen molar-refractivity contribution in [2.24, 2.45) is 0 Å². The minimum Gasteiger partial charge on any atom is -0.466 e. The van der Waals surface area contributed by atoms with Crippen molar-refractivity contribution in [3.8, 4) is 0 Å². The molecule has 6 nitrogen and oxygen atoms in total. The number of ether oxygens (including phenoxy) is 1. The molecule has 6 heteroatoms. The van der Waals surface area contributed by atoms with E-state index in [1.54, 1.807) is 0 Å². The van der Waals surface area contributed by atoms with Gasteiger partial charge in [-0.25, -0.2) is 0 Å². The number of amides is 1. The Morgan fingerprint density at radius 2 is 0.588 bits per heavy atom. The lowest BCUT2D eigenvalue weighted by atomic mass is 10.0. The van der Waals surface area contributed by atoms with Crippen molar-refractivity contribution in [3.63, 3.8) is 0 Å². The molecule has 3 N–H and O–H groups in total. The fourth-order valence-electron chi connectivity index (χ4n) is 12.3. The Labute approximate surface area is 532 Å². The maximum Gasteiger partial charge on any atom is 0.305 e. The van der Waals surface area contributed by atoms with Crippen molar-refractivity contribution < 1.29 is 24.5 Å². The van der Waals surface area contributed by atoms with Crippen LogP contribution in [0, 0.1) is 0 Å². The van der Waals surface area contributed by atoms with E-state index in [1.807, 2.05) is 0 Å². The van der Waals surface area contributed by atoms with Gasteiger partial charge in [0.1, 0.15) is 0 Å². The van der Waals surface area contributed by atoms with Crippen LogP contribution in [-0.2, 0) is 14.3 Å². The molecule has 0 aliphatic carbocycles. The van der Waals surface area contributed by atoms with Gasteiger partial charge < -0.3 is 20.3 Å². The van der Waals surface area contributed by atoms with Crippen molar-refractivity contribution in [1.82, 2.24) is 5.32 Å². The highest BCUT2D eigenvalue weighted by Crippen LogP contribution is 2.19. The number of allylic oxidation sites excluding steroid dienone is 6. The van der Waals surface area contributed by atoms with Crippen LogP contribution in [0.4, 0.5) is 0 Å². The molecule has 0 aromatic rings. The fourth-order valence-corrected chi connectivity index (χ4v) is 12.3. The predicted molar refractivity (Wildman–Crippen MR) is 375 cm³/mol. The molecule has 0 aliphatic rings. The molecular weight excluding hydrogens is 1040 g/mol. The standard InChI is InChI=1S/C79H151NO5/c1-3-5-7-9-11-13-15-17-19-21-22-23-24-30-33-36-40-43-47-51-55-59-63-67-71-77(82)76(75-81)80-78(83)72-68-64-60-56-52-48-44-41-37-34-31-28-26-25-27-29-32-35-38-42-46-50-54-58-62-66-70-74-85-79(84)73-69-65-61-57-53-49-45-39-20-18-16-14-12-10-8-6-4-2/h18,20,25-26,29,32,76-77,81-82H,3-17,19,21-24,27-28,30-31,33-75H2,1-2H3,(H,80,83)/b20-18-,26-25-,32-29-. The normalized spacial score (nSPS) is 12.7. The largest absolute Gasteiger partial charge is 0.466 e. The number of carbonyl (C=O) groups is 2. The summed E-state index contributed by atoms with van der Waals surface area (Å²) < 4.78 is 5.50. The second-order valence-corrected chi connectivity index (χ2v) is 26.7. The molecule has 2 unspecified atom stereocenters. The summed E-state index contributed by atoms with van der Waals surface area (Å²) in [4.78, 5) is 24.7. The van der Waals surface area contributed by atoms with Gasteiger partial charge in [-0.3, -0.25) is 9.59 Å². The molecule has 0 aliphatic heterocycles. The molecule has 2 atom stereocenters. The lowest BCUT2D eigenvalue weighted by molar-refractivity contribution is -0.143. The highest BCUT2D eigenvalue weighted by Gasteiger charge is 2.20. The highest BCUT2D eigenvalue weighted by molar-refractivity contribution is 5.76. The van der Waals surface area contributed by atoms with Crippen LogP contribution in [0.15, 0.2) is 36.5 Å². The molecule has 502 valence electrons. The van der Waals surface area contributed by atoms with E-state index in [4.69, 9.17) is 4.74 Å². The summed E-state index contributed by atoms with van der Waals surface area (Å²) in [6.45, 7) is 4.99. The van der Waals surface area contributed by atoms with Gasteiger partial charge in [0, 0.05) is 12.8 Å². The Bertz CT molecular complexity index is 1380. The summed E-state index contributed by atoms with van der Waals surface area (Å²) in [6, 6.07) is -0.546. The van der Waals surface area contributed by atoms with Crippen LogP contribution >= 0.6 is 0 Å². The first-order valence-corrected chi connectivity index (χ1v) is 38.7. The SMILES string of the molecule is CCCCCCCC/C=C\CCCCCCCCCC(=O)OCCCCCCCCCCC/C=C\C/C=C\CCCCCCCCCCCCCC(=O)NC(CO)C(O)CCCCCCCCCCCCCCCCCCCCCCCCCC. The van der Waals surface area contributed by atoms with Gasteiger partial charge in [-0.05, 0) is 83.5 Å². The second kappa shape index (κ2) is 74.5. The van der Waals surface area contributed by atoms with Gasteiger partial charge in [-0.15, -0.1) is 0 Å². The predicted octanol–water partition coefficient (Wildman–Crippen LogP) is 25.4. The van der Waals surface area contributed by atoms with E-state index < -0.39 is 12.1 Å². The summed E-state index contributed by atoms with van der Waals surface area (Å²) in [5.41, 5.74) is 0. The van der Waals surface area contributed by atoms with Gasteiger partial charge in [0.05, 0.1) is 25.4 Å². The molecule has 0 spiro atoms. The Balaban J connectivity index is 3.41. The maximum absolute atomic E-state index is 12.6. The topological polar surface area (TPSA) is 95.9 Å². The number of aliphatic hydroxyl groups is 2. The van der Waals surface area contributed by atoms with Gasteiger partial charge in [0.25, 0.3) is 0 Å². The number of aliphatic hydroxyl groups excluding tert-OH is 2. The monoisotopic (exact) mass is 1190 g/mol. The Kier molecular flexibility index (Phi) is 72.9. The number of hydrogen-bond acceptors (Lipinski definition) is 5. The molecule has 85 heavy (non-hydrogen) atoms. The van der Waals surface area contributed by atoms with Crippen LogP contribution < -0.4 is 5.32 Å². The van der Waals surface area contributed by atoms with E-state index >= 15 is 0 Å². The van der Waals surface area contributed by atoms with Gasteiger partial charge in [-0.2, -0.15) is 0 Å². The summed E-state index contributed by atoms with van der Waals surface area (Å²) in [6.07, 6.45) is 96.4. The minimum atomic E-state index is -0.669. The third-order valence-corrected chi connectivity index (χ3v) is 18.2. The van der Waals surface area contributed by atoms with Crippen LogP contribution in [0.1, 0.15) is 431 Å². The average Bonchev–Trinajstić information content (AvgIpc) is 3.51. The molecule has 0 saturated heterocycles. The van der Waals surface area contributed by atoms with Gasteiger partial charge in [0.2, 0.25) is 5.91 Å². The molecule has 0 bridgehead atoms. The number of rotatable bonds is 73. The summed E-state index contributed by atoms with van der Waals surface area (Å²) in [5, 5.41) is 23.5. The van der Waals surface area contributed by atoms with Crippen LogP contribution in [0.2, 0.25) is 0 Å². The van der Waals surface area contributed by atoms with Gasteiger partial charge in [0.15, 0.2) is 0 Å².